The molecule has 1 aliphatic rings. The van der Waals surface area contributed by atoms with Gasteiger partial charge in [0.2, 0.25) is 0 Å². The Kier molecular flexibility index (Phi) is 7.72. The number of thioether (sulfide) groups is 1. The van der Waals surface area contributed by atoms with Gasteiger partial charge < -0.3 is 9.47 Å². The second-order valence-corrected chi connectivity index (χ2v) is 10.0. The topological polar surface area (TPSA) is 38.8 Å². The van der Waals surface area contributed by atoms with Crippen LogP contribution in [0.15, 0.2) is 35.2 Å². The lowest BCUT2D eigenvalue weighted by Crippen LogP contribution is -2.27. The summed E-state index contributed by atoms with van der Waals surface area (Å²) in [6.07, 6.45) is 7.09. The molecule has 0 atom stereocenters. The second-order valence-electron chi connectivity index (χ2n) is 5.64. The van der Waals surface area contributed by atoms with Crippen LogP contribution in [-0.4, -0.2) is 23.9 Å². The molecule has 4 nitrogen and oxygen atoms in total. The number of thiocarbonyl (C=S) groups is 1. The van der Waals surface area contributed by atoms with E-state index in [0.29, 0.717) is 25.7 Å². The third kappa shape index (κ3) is 5.02. The normalized spacial score (nSPS) is 15.0. The minimum absolute atomic E-state index is 0.195. The Morgan fingerprint density at radius 3 is 2.59 bits per heavy atom. The van der Waals surface area contributed by atoms with Crippen LogP contribution in [0.25, 0.3) is 6.08 Å². The summed E-state index contributed by atoms with van der Waals surface area (Å²) < 4.78 is 13.0. The molecule has 1 aliphatic heterocycles. The molecular weight excluding hydrogens is 656 g/mol. The van der Waals surface area contributed by atoms with Gasteiger partial charge in [0.1, 0.15) is 18.1 Å². The molecule has 0 radical (unpaired) electrons. The van der Waals surface area contributed by atoms with E-state index in [9.17, 15) is 4.79 Å². The fourth-order valence-corrected chi connectivity index (χ4v) is 6.23. The highest BCUT2D eigenvalue weighted by atomic mass is 127. The van der Waals surface area contributed by atoms with Crippen LogP contribution in [0.2, 0.25) is 5.02 Å². The Morgan fingerprint density at radius 2 is 2.00 bits per heavy atom. The highest BCUT2D eigenvalue weighted by Crippen LogP contribution is 2.39. The van der Waals surface area contributed by atoms with E-state index in [2.05, 4.69) is 51.1 Å². The van der Waals surface area contributed by atoms with Crippen molar-refractivity contribution in [2.75, 3.05) is 18.6 Å². The van der Waals surface area contributed by atoms with E-state index in [1.54, 1.807) is 18.2 Å². The quantitative estimate of drug-likeness (QED) is 0.170. The van der Waals surface area contributed by atoms with Gasteiger partial charge in [-0.05, 0) is 87.2 Å². The van der Waals surface area contributed by atoms with E-state index in [1.165, 1.54) is 23.8 Å². The minimum atomic E-state index is -0.195. The lowest BCUT2D eigenvalue weighted by molar-refractivity contribution is -0.113. The van der Waals surface area contributed by atoms with Gasteiger partial charge in [0, 0.05) is 0 Å². The van der Waals surface area contributed by atoms with Crippen LogP contribution in [-0.2, 0) is 4.79 Å². The molecule has 3 rings (SSSR count). The fourth-order valence-electron chi connectivity index (χ4n) is 2.55. The molecule has 0 aliphatic carbocycles. The number of halogens is 3. The Morgan fingerprint density at radius 1 is 1.31 bits per heavy atom. The number of nitrogens with zero attached hydrogens (tertiary/aromatic N) is 1. The number of carbonyl (C=O) groups excluding carboxylic acids is 1. The average Bonchev–Trinajstić information content (AvgIpc) is 2.94. The summed E-state index contributed by atoms with van der Waals surface area (Å²) in [5.74, 6) is 3.54. The predicted octanol–water partition coefficient (Wildman–Crippen LogP) is 5.98. The fraction of sp³-hybridized carbons (Fsp3) is 0.100. The molecule has 2 aromatic carbocycles. The van der Waals surface area contributed by atoms with Gasteiger partial charge in [0.15, 0.2) is 4.32 Å². The number of benzene rings is 2. The molecule has 0 spiro atoms. The molecule has 1 amide bonds. The summed E-state index contributed by atoms with van der Waals surface area (Å²) >= 11 is 17.3. The molecule has 1 heterocycles. The Balaban J connectivity index is 1.90. The van der Waals surface area contributed by atoms with Crippen molar-refractivity contribution >= 4 is 103 Å². The molecule has 0 N–H and O–H groups in total. The number of ether oxygens (including phenoxy) is 2. The van der Waals surface area contributed by atoms with E-state index in [4.69, 9.17) is 39.7 Å². The maximum absolute atomic E-state index is 13.0. The van der Waals surface area contributed by atoms with Crippen molar-refractivity contribution < 1.29 is 14.3 Å². The first kappa shape index (κ1) is 22.7. The maximum atomic E-state index is 13.0. The van der Waals surface area contributed by atoms with Gasteiger partial charge in [-0.15, -0.1) is 6.42 Å². The monoisotopic (exact) mass is 667 g/mol. The molecule has 2 aromatic rings. The molecule has 1 saturated heterocycles. The largest absolute Gasteiger partial charge is 0.495 e. The van der Waals surface area contributed by atoms with Gasteiger partial charge >= 0.3 is 0 Å². The van der Waals surface area contributed by atoms with Crippen molar-refractivity contribution in [3.05, 3.63) is 53.0 Å². The van der Waals surface area contributed by atoms with Crippen LogP contribution in [0, 0.1) is 19.5 Å². The smallest absolute Gasteiger partial charge is 0.270 e. The van der Waals surface area contributed by atoms with E-state index >= 15 is 0 Å². The Bertz CT molecular complexity index is 1060. The van der Waals surface area contributed by atoms with Crippen molar-refractivity contribution in [2.45, 2.75) is 0 Å². The second kappa shape index (κ2) is 9.87. The first-order valence-corrected chi connectivity index (χ1v) is 11.8. The number of hydrogen-bond donors (Lipinski definition) is 0. The number of amides is 1. The van der Waals surface area contributed by atoms with E-state index in [0.717, 1.165) is 18.5 Å². The van der Waals surface area contributed by atoms with Gasteiger partial charge in [-0.3, -0.25) is 9.69 Å². The molecule has 0 aromatic heterocycles. The number of anilines is 1. The summed E-state index contributed by atoms with van der Waals surface area (Å²) in [5.41, 5.74) is 1.48. The molecule has 0 unspecified atom stereocenters. The van der Waals surface area contributed by atoms with E-state index in [-0.39, 0.29) is 12.5 Å². The zero-order valence-electron chi connectivity index (χ0n) is 14.9. The van der Waals surface area contributed by atoms with Crippen molar-refractivity contribution in [3.63, 3.8) is 0 Å². The maximum Gasteiger partial charge on any atom is 0.270 e. The van der Waals surface area contributed by atoms with Crippen molar-refractivity contribution in [1.29, 1.82) is 0 Å². The standard InChI is InChI=1S/C20H12ClI2NO3S2/c1-3-6-27-18-14(22)7-11(8-15(18)23)9-17-19(25)24(20(28)29-17)12-4-5-16(26-2)13(21)10-12/h1,4-5,7-10H,6H2,2H3/b17-9-. The first-order valence-electron chi connectivity index (χ1n) is 8.02. The van der Waals surface area contributed by atoms with Crippen molar-refractivity contribution in [1.82, 2.24) is 0 Å². The first-order chi connectivity index (χ1) is 13.8. The van der Waals surface area contributed by atoms with Gasteiger partial charge in [-0.1, -0.05) is 41.5 Å². The van der Waals surface area contributed by atoms with Crippen LogP contribution in [0.4, 0.5) is 5.69 Å². The summed E-state index contributed by atoms with van der Waals surface area (Å²) in [4.78, 5) is 15.0. The van der Waals surface area contributed by atoms with Gasteiger partial charge in [0.25, 0.3) is 5.91 Å². The third-order valence-electron chi connectivity index (χ3n) is 3.81. The minimum Gasteiger partial charge on any atom is -0.495 e. The molecule has 29 heavy (non-hydrogen) atoms. The highest BCUT2D eigenvalue weighted by Gasteiger charge is 2.33. The average molecular weight is 668 g/mol. The lowest BCUT2D eigenvalue weighted by Gasteiger charge is -2.15. The van der Waals surface area contributed by atoms with E-state index in [1.807, 2.05) is 18.2 Å². The predicted molar refractivity (Wildman–Crippen MR) is 140 cm³/mol. The van der Waals surface area contributed by atoms with Crippen LogP contribution >= 0.6 is 80.8 Å². The molecule has 1 fully saturated rings. The molecule has 9 heteroatoms. The summed E-state index contributed by atoms with van der Waals surface area (Å²) in [6.45, 7) is 0.203. The summed E-state index contributed by atoms with van der Waals surface area (Å²) in [6, 6.07) is 9.00. The Labute approximate surface area is 210 Å². The number of terminal acetylenes is 1. The zero-order chi connectivity index (χ0) is 21.1. The summed E-state index contributed by atoms with van der Waals surface area (Å²) in [5, 5.41) is 0.412. The lowest BCUT2D eigenvalue weighted by atomic mass is 10.2. The summed E-state index contributed by atoms with van der Waals surface area (Å²) in [7, 11) is 1.54. The van der Waals surface area contributed by atoms with Crippen molar-refractivity contribution in [3.8, 4) is 23.8 Å². The van der Waals surface area contributed by atoms with Gasteiger partial charge in [-0.2, -0.15) is 0 Å². The zero-order valence-corrected chi connectivity index (χ0v) is 21.6. The molecule has 0 bridgehead atoms. The molecule has 148 valence electrons. The van der Waals surface area contributed by atoms with Gasteiger partial charge in [-0.25, -0.2) is 0 Å². The number of rotatable bonds is 5. The molecule has 0 saturated carbocycles. The van der Waals surface area contributed by atoms with Crippen LogP contribution in [0.1, 0.15) is 5.56 Å². The Hall–Kier alpha value is -1.00. The van der Waals surface area contributed by atoms with Crippen LogP contribution < -0.4 is 14.4 Å². The SMILES string of the molecule is C#CCOc1c(I)cc(/C=C2\SC(=S)N(c3ccc(OC)c(Cl)c3)C2=O)cc1I. The van der Waals surface area contributed by atoms with Gasteiger partial charge in [0.05, 0.1) is 29.9 Å². The molecular formula is C20H12ClI2NO3S2. The third-order valence-corrected chi connectivity index (χ3v) is 7.01. The number of hydrogen-bond acceptors (Lipinski definition) is 5. The number of carbonyl (C=O) groups is 1. The van der Waals surface area contributed by atoms with Crippen LogP contribution in [0.5, 0.6) is 11.5 Å². The van der Waals surface area contributed by atoms with Crippen molar-refractivity contribution in [2.24, 2.45) is 0 Å². The number of methoxy groups -OCH3 is 1. The van der Waals surface area contributed by atoms with Crippen LogP contribution in [0.3, 0.4) is 0 Å². The highest BCUT2D eigenvalue weighted by molar-refractivity contribution is 14.1. The van der Waals surface area contributed by atoms with E-state index < -0.39 is 0 Å².